The summed E-state index contributed by atoms with van der Waals surface area (Å²) in [5.41, 5.74) is 0.861. The molecule has 1 saturated heterocycles. The largest absolute Gasteiger partial charge is 0.378 e. The standard InChI is InChI=1S/C13H23N5O2/c1-3-4-14-9-12-10-18(16-15-12)11(2)13(19)17-5-7-20-8-6-17/h10-11,14H,3-9H2,1-2H3. The number of rotatable bonds is 6. The van der Waals surface area contributed by atoms with Crippen LogP contribution in [0, 0.1) is 0 Å². The number of hydrogen-bond donors (Lipinski definition) is 1. The Hall–Kier alpha value is -1.47. The van der Waals surface area contributed by atoms with E-state index in [2.05, 4.69) is 22.6 Å². The lowest BCUT2D eigenvalue weighted by molar-refractivity contribution is -0.138. The van der Waals surface area contributed by atoms with Gasteiger partial charge >= 0.3 is 0 Å². The number of carbonyl (C=O) groups excluding carboxylic acids is 1. The molecule has 0 spiro atoms. The number of nitrogens with zero attached hydrogens (tertiary/aromatic N) is 4. The zero-order valence-corrected chi connectivity index (χ0v) is 12.2. The molecule has 0 aromatic carbocycles. The summed E-state index contributed by atoms with van der Waals surface area (Å²) in [6, 6.07) is -0.319. The van der Waals surface area contributed by atoms with Gasteiger partial charge in [-0.1, -0.05) is 12.1 Å². The van der Waals surface area contributed by atoms with Gasteiger partial charge < -0.3 is 15.0 Å². The van der Waals surface area contributed by atoms with Gasteiger partial charge in [-0.2, -0.15) is 0 Å². The average Bonchev–Trinajstić information content (AvgIpc) is 2.96. The number of hydrogen-bond acceptors (Lipinski definition) is 5. The highest BCUT2D eigenvalue weighted by Gasteiger charge is 2.24. The lowest BCUT2D eigenvalue weighted by Gasteiger charge is -2.29. The minimum absolute atomic E-state index is 0.0752. The third kappa shape index (κ3) is 3.77. The van der Waals surface area contributed by atoms with Crippen molar-refractivity contribution in [3.8, 4) is 0 Å². The number of amides is 1. The Balaban J connectivity index is 1.90. The van der Waals surface area contributed by atoms with E-state index in [9.17, 15) is 4.79 Å². The Bertz CT molecular complexity index is 428. The molecule has 1 unspecified atom stereocenters. The Labute approximate surface area is 119 Å². The van der Waals surface area contributed by atoms with Crippen LogP contribution in [-0.4, -0.2) is 58.6 Å². The summed E-state index contributed by atoms with van der Waals surface area (Å²) in [4.78, 5) is 14.2. The van der Waals surface area contributed by atoms with Crippen molar-refractivity contribution < 1.29 is 9.53 Å². The van der Waals surface area contributed by atoms with Gasteiger partial charge in [-0.05, 0) is 19.9 Å². The maximum Gasteiger partial charge on any atom is 0.247 e. The zero-order chi connectivity index (χ0) is 14.4. The molecule has 7 nitrogen and oxygen atoms in total. The number of carbonyl (C=O) groups is 1. The lowest BCUT2D eigenvalue weighted by Crippen LogP contribution is -2.43. The molecule has 7 heteroatoms. The summed E-state index contributed by atoms with van der Waals surface area (Å²) < 4.78 is 6.90. The molecule has 1 amide bonds. The van der Waals surface area contributed by atoms with Crippen molar-refractivity contribution in [2.45, 2.75) is 32.9 Å². The van der Waals surface area contributed by atoms with E-state index in [0.717, 1.165) is 18.7 Å². The SMILES string of the molecule is CCCNCc1cn(C(C)C(=O)N2CCOCC2)nn1. The summed E-state index contributed by atoms with van der Waals surface area (Å²) in [6.07, 6.45) is 2.92. The first-order chi connectivity index (χ1) is 9.72. The summed E-state index contributed by atoms with van der Waals surface area (Å²) in [7, 11) is 0. The molecular weight excluding hydrogens is 258 g/mol. The molecule has 0 aliphatic carbocycles. The Kier molecular flexibility index (Phi) is 5.49. The predicted molar refractivity (Wildman–Crippen MR) is 74.1 cm³/mol. The molecule has 1 aromatic heterocycles. The van der Waals surface area contributed by atoms with Crippen molar-refractivity contribution in [3.63, 3.8) is 0 Å². The summed E-state index contributed by atoms with van der Waals surface area (Å²) in [5.74, 6) is 0.0752. The van der Waals surface area contributed by atoms with Gasteiger partial charge in [0.05, 0.1) is 25.1 Å². The number of ether oxygens (including phenoxy) is 1. The van der Waals surface area contributed by atoms with Crippen LogP contribution >= 0.6 is 0 Å². The second-order valence-electron chi connectivity index (χ2n) is 4.98. The van der Waals surface area contributed by atoms with Crippen molar-refractivity contribution in [2.24, 2.45) is 0 Å². The topological polar surface area (TPSA) is 72.3 Å². The maximum atomic E-state index is 12.3. The minimum Gasteiger partial charge on any atom is -0.378 e. The van der Waals surface area contributed by atoms with Gasteiger partial charge in [0.15, 0.2) is 0 Å². The number of morpholine rings is 1. The van der Waals surface area contributed by atoms with E-state index in [1.54, 1.807) is 4.68 Å². The third-order valence-corrected chi connectivity index (χ3v) is 3.37. The zero-order valence-electron chi connectivity index (χ0n) is 12.2. The Morgan fingerprint density at radius 2 is 2.25 bits per heavy atom. The molecule has 112 valence electrons. The molecular formula is C13H23N5O2. The first-order valence-electron chi connectivity index (χ1n) is 7.20. The van der Waals surface area contributed by atoms with E-state index < -0.39 is 0 Å². The van der Waals surface area contributed by atoms with E-state index in [1.165, 1.54) is 0 Å². The van der Waals surface area contributed by atoms with E-state index >= 15 is 0 Å². The highest BCUT2D eigenvalue weighted by atomic mass is 16.5. The molecule has 0 radical (unpaired) electrons. The summed E-state index contributed by atoms with van der Waals surface area (Å²) in [5, 5.41) is 11.4. The molecule has 1 aromatic rings. The lowest BCUT2D eigenvalue weighted by atomic mass is 10.2. The predicted octanol–water partition coefficient (Wildman–Crippen LogP) is 0.198. The molecule has 20 heavy (non-hydrogen) atoms. The van der Waals surface area contributed by atoms with Gasteiger partial charge in [0.1, 0.15) is 6.04 Å². The Morgan fingerprint density at radius 1 is 1.50 bits per heavy atom. The third-order valence-electron chi connectivity index (χ3n) is 3.37. The van der Waals surface area contributed by atoms with Crippen LogP contribution in [0.15, 0.2) is 6.20 Å². The summed E-state index contributed by atoms with van der Waals surface area (Å²) >= 11 is 0. The molecule has 0 saturated carbocycles. The molecule has 0 bridgehead atoms. The fourth-order valence-corrected chi connectivity index (χ4v) is 2.14. The average molecular weight is 281 g/mol. The Morgan fingerprint density at radius 3 is 2.95 bits per heavy atom. The fourth-order valence-electron chi connectivity index (χ4n) is 2.14. The first kappa shape index (κ1) is 14.9. The van der Waals surface area contributed by atoms with Gasteiger partial charge in [-0.3, -0.25) is 4.79 Å². The van der Waals surface area contributed by atoms with Crippen molar-refractivity contribution >= 4 is 5.91 Å². The normalized spacial score (nSPS) is 17.2. The molecule has 1 atom stereocenters. The second kappa shape index (κ2) is 7.35. The van der Waals surface area contributed by atoms with Crippen molar-refractivity contribution in [1.82, 2.24) is 25.2 Å². The van der Waals surface area contributed by atoms with Crippen LogP contribution in [0.2, 0.25) is 0 Å². The van der Waals surface area contributed by atoms with Crippen molar-refractivity contribution in [3.05, 3.63) is 11.9 Å². The van der Waals surface area contributed by atoms with Crippen LogP contribution in [0.4, 0.5) is 0 Å². The molecule has 1 aliphatic rings. The minimum atomic E-state index is -0.319. The number of nitrogens with one attached hydrogen (secondary N) is 1. The molecule has 1 aliphatic heterocycles. The van der Waals surface area contributed by atoms with E-state index in [1.807, 2.05) is 18.0 Å². The van der Waals surface area contributed by atoms with E-state index in [-0.39, 0.29) is 11.9 Å². The fraction of sp³-hybridized carbons (Fsp3) is 0.769. The van der Waals surface area contributed by atoms with Crippen LogP contribution in [-0.2, 0) is 16.1 Å². The van der Waals surface area contributed by atoms with Gasteiger partial charge in [0.2, 0.25) is 5.91 Å². The first-order valence-corrected chi connectivity index (χ1v) is 7.20. The van der Waals surface area contributed by atoms with Crippen LogP contribution < -0.4 is 5.32 Å². The molecule has 2 heterocycles. The highest BCUT2D eigenvalue weighted by Crippen LogP contribution is 2.11. The summed E-state index contributed by atoms with van der Waals surface area (Å²) in [6.45, 7) is 8.15. The smallest absolute Gasteiger partial charge is 0.247 e. The van der Waals surface area contributed by atoms with Gasteiger partial charge in [-0.25, -0.2) is 4.68 Å². The van der Waals surface area contributed by atoms with Crippen molar-refractivity contribution in [1.29, 1.82) is 0 Å². The monoisotopic (exact) mass is 281 g/mol. The van der Waals surface area contributed by atoms with E-state index in [4.69, 9.17) is 4.74 Å². The van der Waals surface area contributed by atoms with Crippen LogP contribution in [0.25, 0.3) is 0 Å². The second-order valence-corrected chi connectivity index (χ2v) is 4.98. The van der Waals surface area contributed by atoms with Gasteiger partial charge in [-0.15, -0.1) is 5.10 Å². The van der Waals surface area contributed by atoms with Crippen LogP contribution in [0.3, 0.4) is 0 Å². The van der Waals surface area contributed by atoms with Gasteiger partial charge in [0, 0.05) is 19.6 Å². The molecule has 1 N–H and O–H groups in total. The number of aromatic nitrogens is 3. The van der Waals surface area contributed by atoms with E-state index in [0.29, 0.717) is 32.8 Å². The van der Waals surface area contributed by atoms with Crippen molar-refractivity contribution in [2.75, 3.05) is 32.8 Å². The highest BCUT2D eigenvalue weighted by molar-refractivity contribution is 5.80. The quantitative estimate of drug-likeness (QED) is 0.754. The molecule has 2 rings (SSSR count). The van der Waals surface area contributed by atoms with Crippen LogP contribution in [0.1, 0.15) is 32.0 Å². The van der Waals surface area contributed by atoms with Gasteiger partial charge in [0.25, 0.3) is 0 Å². The molecule has 1 fully saturated rings. The van der Waals surface area contributed by atoms with Crippen LogP contribution in [0.5, 0.6) is 0 Å². The maximum absolute atomic E-state index is 12.3.